The fraction of sp³-hybridized carbons (Fsp3) is 0.462. The van der Waals surface area contributed by atoms with Gasteiger partial charge in [0.15, 0.2) is 0 Å². The van der Waals surface area contributed by atoms with E-state index in [1.165, 1.54) is 4.88 Å². The Morgan fingerprint density at radius 1 is 1.42 bits per heavy atom. The molecule has 1 atom stereocenters. The van der Waals surface area contributed by atoms with Crippen LogP contribution in [0.2, 0.25) is 0 Å². The van der Waals surface area contributed by atoms with Crippen LogP contribution < -0.4 is 11.3 Å². The van der Waals surface area contributed by atoms with E-state index >= 15 is 0 Å². The number of thiazole rings is 1. The minimum atomic E-state index is 0.104. The molecule has 0 fully saturated rings. The molecule has 19 heavy (non-hydrogen) atoms. The summed E-state index contributed by atoms with van der Waals surface area (Å²) in [5.74, 6) is 5.67. The molecule has 6 heteroatoms. The van der Waals surface area contributed by atoms with Gasteiger partial charge >= 0.3 is 0 Å². The van der Waals surface area contributed by atoms with Gasteiger partial charge in [0, 0.05) is 22.1 Å². The summed E-state index contributed by atoms with van der Waals surface area (Å²) in [6, 6.07) is 4.26. The molecule has 3 nitrogen and oxygen atoms in total. The summed E-state index contributed by atoms with van der Waals surface area (Å²) in [6.07, 6.45) is 0.824. The Kier molecular flexibility index (Phi) is 4.79. The van der Waals surface area contributed by atoms with Crippen molar-refractivity contribution in [3.05, 3.63) is 36.9 Å². The first-order valence-electron chi connectivity index (χ1n) is 6.06. The maximum Gasteiger partial charge on any atom is 0.0948 e. The monoisotopic (exact) mass is 359 g/mol. The van der Waals surface area contributed by atoms with E-state index in [4.69, 9.17) is 10.8 Å². The molecule has 0 saturated carbocycles. The summed E-state index contributed by atoms with van der Waals surface area (Å²) in [7, 11) is 0. The first-order valence-corrected chi connectivity index (χ1v) is 8.55. The number of halogens is 1. The highest BCUT2D eigenvalue weighted by molar-refractivity contribution is 9.11. The summed E-state index contributed by atoms with van der Waals surface area (Å²) < 4.78 is 1.12. The number of nitrogens with one attached hydrogen (secondary N) is 1. The highest BCUT2D eigenvalue weighted by Crippen LogP contribution is 2.30. The van der Waals surface area contributed by atoms with Crippen LogP contribution in [0.25, 0.3) is 0 Å². The third-order valence-electron chi connectivity index (χ3n) is 2.84. The normalized spacial score (nSPS) is 13.7. The van der Waals surface area contributed by atoms with E-state index in [1.807, 2.05) is 6.07 Å². The van der Waals surface area contributed by atoms with Crippen molar-refractivity contribution in [2.24, 2.45) is 5.84 Å². The average molecular weight is 360 g/mol. The van der Waals surface area contributed by atoms with Gasteiger partial charge in [-0.3, -0.25) is 11.3 Å². The summed E-state index contributed by atoms with van der Waals surface area (Å²) in [4.78, 5) is 5.94. The van der Waals surface area contributed by atoms with Crippen molar-refractivity contribution in [1.82, 2.24) is 10.4 Å². The van der Waals surface area contributed by atoms with Gasteiger partial charge in [-0.25, -0.2) is 4.98 Å². The van der Waals surface area contributed by atoms with Crippen molar-refractivity contribution in [2.75, 3.05) is 0 Å². The summed E-state index contributed by atoms with van der Waals surface area (Å²) in [6.45, 7) is 6.54. The molecule has 0 aliphatic heterocycles. The smallest absolute Gasteiger partial charge is 0.0948 e. The molecule has 0 bridgehead atoms. The molecular formula is C13H18BrN3S2. The summed E-state index contributed by atoms with van der Waals surface area (Å²) in [5, 5.41) is 3.27. The van der Waals surface area contributed by atoms with E-state index in [1.54, 1.807) is 22.7 Å². The van der Waals surface area contributed by atoms with Crippen LogP contribution in [0.1, 0.15) is 42.4 Å². The van der Waals surface area contributed by atoms with Crippen LogP contribution in [-0.4, -0.2) is 4.98 Å². The Labute approximate surface area is 130 Å². The highest BCUT2D eigenvalue weighted by Gasteiger charge is 2.20. The zero-order valence-electron chi connectivity index (χ0n) is 11.2. The van der Waals surface area contributed by atoms with Crippen molar-refractivity contribution in [3.63, 3.8) is 0 Å². The lowest BCUT2D eigenvalue weighted by Gasteiger charge is -2.15. The van der Waals surface area contributed by atoms with Crippen LogP contribution in [0.15, 0.2) is 21.3 Å². The Morgan fingerprint density at radius 3 is 2.63 bits per heavy atom. The Morgan fingerprint density at radius 2 is 2.16 bits per heavy atom. The van der Waals surface area contributed by atoms with Crippen molar-refractivity contribution in [2.45, 2.75) is 38.6 Å². The fourth-order valence-electron chi connectivity index (χ4n) is 1.68. The molecule has 0 spiro atoms. The first-order chi connectivity index (χ1) is 8.90. The van der Waals surface area contributed by atoms with E-state index in [9.17, 15) is 0 Å². The minimum Gasteiger partial charge on any atom is -0.271 e. The zero-order chi connectivity index (χ0) is 14.0. The Balaban J connectivity index is 2.13. The molecule has 2 rings (SSSR count). The number of hydrogen-bond donors (Lipinski definition) is 2. The minimum absolute atomic E-state index is 0.104. The molecule has 2 aromatic heterocycles. The maximum atomic E-state index is 5.67. The molecule has 0 saturated heterocycles. The first kappa shape index (κ1) is 15.1. The van der Waals surface area contributed by atoms with Gasteiger partial charge in [-0.15, -0.1) is 22.7 Å². The second-order valence-corrected chi connectivity index (χ2v) is 8.88. The van der Waals surface area contributed by atoms with Crippen LogP contribution in [0, 0.1) is 0 Å². The van der Waals surface area contributed by atoms with Crippen LogP contribution in [0.5, 0.6) is 0 Å². The number of rotatable bonds is 4. The van der Waals surface area contributed by atoms with Gasteiger partial charge in [0.1, 0.15) is 0 Å². The van der Waals surface area contributed by atoms with Crippen LogP contribution >= 0.6 is 38.6 Å². The van der Waals surface area contributed by atoms with Crippen molar-refractivity contribution < 1.29 is 0 Å². The summed E-state index contributed by atoms with van der Waals surface area (Å²) in [5.41, 5.74) is 4.14. The zero-order valence-corrected chi connectivity index (χ0v) is 14.5. The van der Waals surface area contributed by atoms with E-state index in [-0.39, 0.29) is 11.5 Å². The summed E-state index contributed by atoms with van der Waals surface area (Å²) >= 11 is 6.89. The molecule has 2 heterocycles. The quantitative estimate of drug-likeness (QED) is 0.640. The number of nitrogens with two attached hydrogens (primary N) is 1. The number of nitrogens with zero attached hydrogens (tertiary/aromatic N) is 1. The maximum absolute atomic E-state index is 5.67. The lowest BCUT2D eigenvalue weighted by Crippen LogP contribution is -2.29. The molecule has 104 valence electrons. The van der Waals surface area contributed by atoms with Gasteiger partial charge in [-0.1, -0.05) is 20.8 Å². The van der Waals surface area contributed by atoms with Crippen LogP contribution in [0.3, 0.4) is 0 Å². The molecular weight excluding hydrogens is 342 g/mol. The molecule has 2 aromatic rings. The predicted octanol–water partition coefficient (Wildman–Crippen LogP) is 4.01. The fourth-order valence-corrected chi connectivity index (χ4v) is 4.23. The third kappa shape index (κ3) is 3.86. The van der Waals surface area contributed by atoms with Gasteiger partial charge in [0.25, 0.3) is 0 Å². The van der Waals surface area contributed by atoms with Gasteiger partial charge in [-0.05, 0) is 28.1 Å². The van der Waals surface area contributed by atoms with Crippen molar-refractivity contribution in [1.29, 1.82) is 0 Å². The Bertz CT molecular complexity index is 542. The van der Waals surface area contributed by atoms with Crippen molar-refractivity contribution in [3.8, 4) is 0 Å². The highest BCUT2D eigenvalue weighted by atomic mass is 79.9. The lowest BCUT2D eigenvalue weighted by molar-refractivity contribution is 0.547. The molecule has 1 unspecified atom stereocenters. The largest absolute Gasteiger partial charge is 0.271 e. The number of aromatic nitrogens is 1. The number of hydrogen-bond acceptors (Lipinski definition) is 5. The molecule has 0 aliphatic rings. The molecule has 0 aliphatic carbocycles. The third-order valence-corrected chi connectivity index (χ3v) is 5.45. The topological polar surface area (TPSA) is 50.9 Å². The van der Waals surface area contributed by atoms with Gasteiger partial charge < -0.3 is 0 Å². The van der Waals surface area contributed by atoms with E-state index in [2.05, 4.69) is 53.6 Å². The average Bonchev–Trinajstić information content (AvgIpc) is 2.94. The van der Waals surface area contributed by atoms with Gasteiger partial charge in [0.2, 0.25) is 0 Å². The SMILES string of the molecule is CC(C)(C)c1csc(CC(NN)c2ccc(Br)s2)n1. The van der Waals surface area contributed by atoms with Crippen LogP contribution in [0.4, 0.5) is 0 Å². The molecule has 0 aromatic carbocycles. The van der Waals surface area contributed by atoms with E-state index < -0.39 is 0 Å². The second kappa shape index (κ2) is 6.01. The predicted molar refractivity (Wildman–Crippen MR) is 86.6 cm³/mol. The second-order valence-electron chi connectivity index (χ2n) is 5.44. The standard InChI is InChI=1S/C13H18BrN3S2/c1-13(2,3)10-7-18-12(16-10)6-8(17-15)9-4-5-11(14)19-9/h4-5,7-8,17H,6,15H2,1-3H3. The Hall–Kier alpha value is -0.270. The van der Waals surface area contributed by atoms with E-state index in [0.717, 1.165) is 20.9 Å². The molecule has 3 N–H and O–H groups in total. The number of hydrazine groups is 1. The van der Waals surface area contributed by atoms with Crippen molar-refractivity contribution >= 4 is 38.6 Å². The lowest BCUT2D eigenvalue weighted by atomic mass is 9.93. The van der Waals surface area contributed by atoms with Gasteiger partial charge in [-0.2, -0.15) is 0 Å². The number of thiophene rings is 1. The van der Waals surface area contributed by atoms with Gasteiger partial charge in [0.05, 0.1) is 20.5 Å². The van der Waals surface area contributed by atoms with Crippen LogP contribution in [-0.2, 0) is 11.8 Å². The van der Waals surface area contributed by atoms with E-state index in [0.29, 0.717) is 0 Å². The molecule has 0 amide bonds. The molecule has 0 radical (unpaired) electrons.